The van der Waals surface area contributed by atoms with E-state index in [2.05, 4.69) is 87.3 Å². The molecule has 2 atom stereocenters. The number of carbonyl (C=O) groups excluding carboxylic acids is 1. The van der Waals surface area contributed by atoms with Crippen molar-refractivity contribution in [1.29, 1.82) is 0 Å². The van der Waals surface area contributed by atoms with Gasteiger partial charge in [-0.25, -0.2) is 0 Å². The average molecular weight is 459 g/mol. The molecule has 0 radical (unpaired) electrons. The van der Waals surface area contributed by atoms with Gasteiger partial charge < -0.3 is 4.74 Å². The van der Waals surface area contributed by atoms with E-state index in [1.807, 2.05) is 20.8 Å². The van der Waals surface area contributed by atoms with Crippen LogP contribution in [0.25, 0.3) is 0 Å². The number of benzene rings is 2. The standard InChI is InChI=1S/C24H31BrN2O2/c1-18-16-27(15-14-26(18)17-22(28)29-24(2,3)4)23(19-8-6-5-7-9-19)20-10-12-21(25)13-11-20/h5-13,18,23H,14-17H2,1-4H3/t18?,23-/m0/s1. The van der Waals surface area contributed by atoms with Gasteiger partial charge in [0.15, 0.2) is 0 Å². The fourth-order valence-electron chi connectivity index (χ4n) is 3.93. The van der Waals surface area contributed by atoms with Crippen LogP contribution < -0.4 is 0 Å². The lowest BCUT2D eigenvalue weighted by Crippen LogP contribution is -2.54. The summed E-state index contributed by atoms with van der Waals surface area (Å²) in [7, 11) is 0. The highest BCUT2D eigenvalue weighted by Crippen LogP contribution is 2.31. The van der Waals surface area contributed by atoms with Crippen LogP contribution in [-0.4, -0.2) is 53.6 Å². The van der Waals surface area contributed by atoms with E-state index in [4.69, 9.17) is 4.74 Å². The highest BCUT2D eigenvalue weighted by atomic mass is 79.9. The number of rotatable bonds is 5. The third-order valence-electron chi connectivity index (χ3n) is 5.21. The SMILES string of the molecule is CC1CN([C@@H](c2ccccc2)c2ccc(Br)cc2)CCN1CC(=O)OC(C)(C)C. The average Bonchev–Trinajstić information content (AvgIpc) is 2.65. The Morgan fingerprint density at radius 1 is 1.07 bits per heavy atom. The summed E-state index contributed by atoms with van der Waals surface area (Å²) in [5.41, 5.74) is 2.14. The Morgan fingerprint density at radius 3 is 2.28 bits per heavy atom. The highest BCUT2D eigenvalue weighted by Gasteiger charge is 2.31. The molecule has 1 fully saturated rings. The van der Waals surface area contributed by atoms with Crippen molar-refractivity contribution in [2.75, 3.05) is 26.2 Å². The molecule has 0 saturated carbocycles. The number of esters is 1. The van der Waals surface area contributed by atoms with Crippen LogP contribution in [0.2, 0.25) is 0 Å². The molecule has 29 heavy (non-hydrogen) atoms. The summed E-state index contributed by atoms with van der Waals surface area (Å²) in [6.07, 6.45) is 0. The Kier molecular flexibility index (Phi) is 7.14. The summed E-state index contributed by atoms with van der Waals surface area (Å²) in [6.45, 7) is 10.9. The Bertz CT molecular complexity index is 802. The van der Waals surface area contributed by atoms with Crippen LogP contribution in [0.5, 0.6) is 0 Å². The molecule has 5 heteroatoms. The second kappa shape index (κ2) is 9.41. The smallest absolute Gasteiger partial charge is 0.320 e. The molecule has 1 unspecified atom stereocenters. The minimum atomic E-state index is -0.442. The zero-order valence-corrected chi connectivity index (χ0v) is 19.4. The van der Waals surface area contributed by atoms with E-state index >= 15 is 0 Å². The molecule has 1 saturated heterocycles. The van der Waals surface area contributed by atoms with Crippen LogP contribution in [-0.2, 0) is 9.53 Å². The van der Waals surface area contributed by atoms with Crippen molar-refractivity contribution in [3.63, 3.8) is 0 Å². The van der Waals surface area contributed by atoms with E-state index in [-0.39, 0.29) is 18.1 Å². The lowest BCUT2D eigenvalue weighted by Gasteiger charge is -2.43. The Hall–Kier alpha value is -1.69. The molecule has 1 heterocycles. The van der Waals surface area contributed by atoms with E-state index in [0.717, 1.165) is 24.1 Å². The van der Waals surface area contributed by atoms with Crippen molar-refractivity contribution in [2.45, 2.75) is 45.4 Å². The van der Waals surface area contributed by atoms with Crippen LogP contribution in [0.15, 0.2) is 59.1 Å². The normalized spacial score (nSPS) is 19.7. The van der Waals surface area contributed by atoms with Crippen molar-refractivity contribution in [3.8, 4) is 0 Å². The summed E-state index contributed by atoms with van der Waals surface area (Å²) in [5, 5.41) is 0. The van der Waals surface area contributed by atoms with Crippen molar-refractivity contribution in [1.82, 2.24) is 9.80 Å². The molecule has 1 aliphatic heterocycles. The van der Waals surface area contributed by atoms with Gasteiger partial charge in [0.05, 0.1) is 12.6 Å². The fourth-order valence-corrected chi connectivity index (χ4v) is 4.19. The molecule has 0 bridgehead atoms. The Labute approximate surface area is 183 Å². The van der Waals surface area contributed by atoms with Gasteiger partial charge >= 0.3 is 5.97 Å². The second-order valence-corrected chi connectivity index (χ2v) is 9.68. The van der Waals surface area contributed by atoms with Crippen LogP contribution >= 0.6 is 15.9 Å². The number of hydrogen-bond acceptors (Lipinski definition) is 4. The van der Waals surface area contributed by atoms with Crippen LogP contribution in [0.4, 0.5) is 0 Å². The van der Waals surface area contributed by atoms with Crippen molar-refractivity contribution in [2.24, 2.45) is 0 Å². The van der Waals surface area contributed by atoms with Gasteiger partial charge in [0.25, 0.3) is 0 Å². The molecule has 0 amide bonds. The monoisotopic (exact) mass is 458 g/mol. The van der Waals surface area contributed by atoms with Crippen molar-refractivity contribution in [3.05, 3.63) is 70.2 Å². The Balaban J connectivity index is 1.74. The van der Waals surface area contributed by atoms with E-state index < -0.39 is 5.60 Å². The lowest BCUT2D eigenvalue weighted by atomic mass is 9.95. The molecule has 156 valence electrons. The molecule has 0 spiro atoms. The first kappa shape index (κ1) is 22.0. The summed E-state index contributed by atoms with van der Waals surface area (Å²) >= 11 is 3.54. The maximum Gasteiger partial charge on any atom is 0.320 e. The largest absolute Gasteiger partial charge is 0.459 e. The molecule has 2 aromatic carbocycles. The topological polar surface area (TPSA) is 32.8 Å². The predicted molar refractivity (Wildman–Crippen MR) is 121 cm³/mol. The number of piperazine rings is 1. The van der Waals surface area contributed by atoms with E-state index in [1.165, 1.54) is 11.1 Å². The van der Waals surface area contributed by atoms with Gasteiger partial charge in [-0.2, -0.15) is 0 Å². The summed E-state index contributed by atoms with van der Waals surface area (Å²) in [5.74, 6) is -0.148. The minimum absolute atomic E-state index is 0.148. The quantitative estimate of drug-likeness (QED) is 0.597. The third kappa shape index (κ3) is 6.14. The van der Waals surface area contributed by atoms with E-state index in [9.17, 15) is 4.79 Å². The predicted octanol–water partition coefficient (Wildman–Crippen LogP) is 4.89. The number of carbonyl (C=O) groups is 1. The molecule has 1 aliphatic rings. The second-order valence-electron chi connectivity index (χ2n) is 8.77. The van der Waals surface area contributed by atoms with Crippen LogP contribution in [0.3, 0.4) is 0 Å². The zero-order chi connectivity index (χ0) is 21.0. The summed E-state index contributed by atoms with van der Waals surface area (Å²) < 4.78 is 6.60. The minimum Gasteiger partial charge on any atom is -0.459 e. The molecule has 2 aromatic rings. The fraction of sp³-hybridized carbons (Fsp3) is 0.458. The summed E-state index contributed by atoms with van der Waals surface area (Å²) in [4.78, 5) is 17.0. The van der Waals surface area contributed by atoms with Gasteiger partial charge in [0.2, 0.25) is 0 Å². The molecular formula is C24H31BrN2O2. The number of nitrogens with zero attached hydrogens (tertiary/aromatic N) is 2. The molecule has 0 N–H and O–H groups in total. The molecule has 4 nitrogen and oxygen atoms in total. The Morgan fingerprint density at radius 2 is 1.69 bits per heavy atom. The van der Waals surface area contributed by atoms with Gasteiger partial charge in [-0.05, 0) is 51.0 Å². The molecule has 0 aromatic heterocycles. The number of ether oxygens (including phenoxy) is 1. The molecular weight excluding hydrogens is 428 g/mol. The first-order chi connectivity index (χ1) is 13.7. The maximum absolute atomic E-state index is 12.3. The van der Waals surface area contributed by atoms with E-state index in [0.29, 0.717) is 6.54 Å². The lowest BCUT2D eigenvalue weighted by molar-refractivity contribution is -0.157. The molecule has 0 aliphatic carbocycles. The van der Waals surface area contributed by atoms with Gasteiger partial charge in [0, 0.05) is 30.1 Å². The van der Waals surface area contributed by atoms with Gasteiger partial charge in [-0.1, -0.05) is 58.4 Å². The zero-order valence-electron chi connectivity index (χ0n) is 17.8. The van der Waals surface area contributed by atoms with E-state index in [1.54, 1.807) is 0 Å². The maximum atomic E-state index is 12.3. The van der Waals surface area contributed by atoms with Gasteiger partial charge in [0.1, 0.15) is 5.60 Å². The number of halogens is 1. The van der Waals surface area contributed by atoms with Gasteiger partial charge in [-0.15, -0.1) is 0 Å². The highest BCUT2D eigenvalue weighted by molar-refractivity contribution is 9.10. The number of hydrogen-bond donors (Lipinski definition) is 0. The first-order valence-corrected chi connectivity index (χ1v) is 11.0. The summed E-state index contributed by atoms with van der Waals surface area (Å²) in [6, 6.07) is 19.7. The van der Waals surface area contributed by atoms with Crippen LogP contribution in [0, 0.1) is 0 Å². The van der Waals surface area contributed by atoms with Crippen molar-refractivity contribution >= 4 is 21.9 Å². The van der Waals surface area contributed by atoms with Gasteiger partial charge in [-0.3, -0.25) is 14.6 Å². The third-order valence-corrected chi connectivity index (χ3v) is 5.74. The van der Waals surface area contributed by atoms with Crippen LogP contribution in [0.1, 0.15) is 44.9 Å². The first-order valence-electron chi connectivity index (χ1n) is 10.2. The molecule has 3 rings (SSSR count). The van der Waals surface area contributed by atoms with Crippen molar-refractivity contribution < 1.29 is 9.53 Å².